The molecular weight excluding hydrogens is 396 g/mol. The van der Waals surface area contributed by atoms with Crippen LogP contribution in [0, 0.1) is 0 Å². The molecule has 0 fully saturated rings. The highest BCUT2D eigenvalue weighted by atomic mass is 35.5. The molecule has 5 N–H and O–H groups in total. The minimum Gasteiger partial charge on any atom is -0.458 e. The number of aliphatic hydroxyl groups is 3. The van der Waals surface area contributed by atoms with Crippen molar-refractivity contribution in [1.29, 1.82) is 0 Å². The van der Waals surface area contributed by atoms with Crippen molar-refractivity contribution < 1.29 is 24.9 Å². The van der Waals surface area contributed by atoms with E-state index in [2.05, 4.69) is 23.5 Å². The number of H-pyrrole nitrogens is 1. The van der Waals surface area contributed by atoms with Gasteiger partial charge in [0.1, 0.15) is 5.69 Å². The Labute approximate surface area is 176 Å². The van der Waals surface area contributed by atoms with E-state index in [1.165, 1.54) is 0 Å². The van der Waals surface area contributed by atoms with Gasteiger partial charge in [-0.2, -0.15) is 0 Å². The Morgan fingerprint density at radius 2 is 1.79 bits per heavy atom. The van der Waals surface area contributed by atoms with Crippen LogP contribution in [0.2, 0.25) is 5.02 Å². The SMILES string of the molecule is C=C.CNCc1[nH]c(C(=O)OC(C)C)c(Cl)c1-c1ccc(CO)c(CO)c1CO. The van der Waals surface area contributed by atoms with Crippen molar-refractivity contribution in [3.8, 4) is 11.1 Å². The third kappa shape index (κ3) is 5.46. The molecule has 0 radical (unpaired) electrons. The maximum atomic E-state index is 12.4. The van der Waals surface area contributed by atoms with E-state index in [0.29, 0.717) is 40.1 Å². The number of aromatic amines is 1. The van der Waals surface area contributed by atoms with Gasteiger partial charge in [0.05, 0.1) is 30.9 Å². The second kappa shape index (κ2) is 11.7. The Kier molecular flexibility index (Phi) is 10.1. The highest BCUT2D eigenvalue weighted by molar-refractivity contribution is 6.36. The number of halogens is 1. The molecule has 7 nitrogen and oxygen atoms in total. The standard InChI is InChI=1S/C19H25ClN2O5.C2H4/c1-10(2)27-19(26)18-17(20)16(15(22-18)6-21-3)12-5-4-11(7-23)13(8-24)14(12)9-25;1-2/h4-5,10,21-25H,6-9H2,1-3H3;1-2H2. The van der Waals surface area contributed by atoms with Gasteiger partial charge in [0.25, 0.3) is 0 Å². The fourth-order valence-corrected chi connectivity index (χ4v) is 3.37. The van der Waals surface area contributed by atoms with E-state index < -0.39 is 5.97 Å². The Morgan fingerprint density at radius 1 is 1.17 bits per heavy atom. The van der Waals surface area contributed by atoms with Crippen LogP contribution in [0.5, 0.6) is 0 Å². The quantitative estimate of drug-likeness (QED) is 0.329. The number of aliphatic hydroxyl groups excluding tert-OH is 3. The Balaban J connectivity index is 0.00000204. The molecule has 160 valence electrons. The van der Waals surface area contributed by atoms with Crippen LogP contribution in [0.1, 0.15) is 46.7 Å². The van der Waals surface area contributed by atoms with Crippen molar-refractivity contribution in [2.45, 2.75) is 46.3 Å². The van der Waals surface area contributed by atoms with Gasteiger partial charge in [-0.05, 0) is 43.1 Å². The third-order valence-corrected chi connectivity index (χ3v) is 4.58. The van der Waals surface area contributed by atoms with E-state index in [-0.39, 0.29) is 36.6 Å². The number of rotatable bonds is 8. The third-order valence-electron chi connectivity index (χ3n) is 4.20. The van der Waals surface area contributed by atoms with Crippen LogP contribution in [-0.2, 0) is 31.1 Å². The molecule has 29 heavy (non-hydrogen) atoms. The summed E-state index contributed by atoms with van der Waals surface area (Å²) in [6, 6.07) is 3.38. The highest BCUT2D eigenvalue weighted by Crippen LogP contribution is 2.38. The van der Waals surface area contributed by atoms with E-state index in [1.54, 1.807) is 33.0 Å². The first-order valence-electron chi connectivity index (χ1n) is 9.11. The topological polar surface area (TPSA) is 115 Å². The van der Waals surface area contributed by atoms with Crippen molar-refractivity contribution in [3.05, 3.63) is 58.4 Å². The molecule has 0 saturated heterocycles. The van der Waals surface area contributed by atoms with Crippen molar-refractivity contribution in [1.82, 2.24) is 10.3 Å². The molecule has 0 atom stereocenters. The number of ether oxygens (including phenoxy) is 1. The Bertz CT molecular complexity index is 833. The van der Waals surface area contributed by atoms with Crippen LogP contribution in [0.4, 0.5) is 0 Å². The normalized spacial score (nSPS) is 10.6. The predicted octanol–water partition coefficient (Wildman–Crippen LogP) is 2.90. The lowest BCUT2D eigenvalue weighted by molar-refractivity contribution is 0.0371. The number of aromatic nitrogens is 1. The fourth-order valence-electron chi connectivity index (χ4n) is 3.03. The van der Waals surface area contributed by atoms with E-state index in [1.807, 2.05) is 0 Å². The number of carbonyl (C=O) groups excluding carboxylic acids is 1. The molecule has 0 spiro atoms. The number of nitrogens with one attached hydrogen (secondary N) is 2. The van der Waals surface area contributed by atoms with Crippen molar-refractivity contribution in [2.75, 3.05) is 7.05 Å². The minimum absolute atomic E-state index is 0.131. The van der Waals surface area contributed by atoms with Gasteiger partial charge < -0.3 is 30.4 Å². The van der Waals surface area contributed by atoms with Gasteiger partial charge in [0.2, 0.25) is 0 Å². The summed E-state index contributed by atoms with van der Waals surface area (Å²) in [4.78, 5) is 15.4. The van der Waals surface area contributed by atoms with Crippen LogP contribution in [-0.4, -0.2) is 39.4 Å². The second-order valence-corrected chi connectivity index (χ2v) is 6.73. The lowest BCUT2D eigenvalue weighted by Gasteiger charge is -2.16. The van der Waals surface area contributed by atoms with Gasteiger partial charge in [0.15, 0.2) is 0 Å². The molecule has 0 unspecified atom stereocenters. The molecule has 0 aliphatic carbocycles. The zero-order chi connectivity index (χ0) is 22.1. The van der Waals surface area contributed by atoms with E-state index in [9.17, 15) is 20.1 Å². The van der Waals surface area contributed by atoms with Gasteiger partial charge in [-0.3, -0.25) is 0 Å². The van der Waals surface area contributed by atoms with Crippen molar-refractivity contribution >= 4 is 17.6 Å². The highest BCUT2D eigenvalue weighted by Gasteiger charge is 2.26. The number of hydrogen-bond donors (Lipinski definition) is 5. The summed E-state index contributed by atoms with van der Waals surface area (Å²) < 4.78 is 5.24. The molecule has 0 bridgehead atoms. The van der Waals surface area contributed by atoms with E-state index >= 15 is 0 Å². The Morgan fingerprint density at radius 3 is 2.28 bits per heavy atom. The summed E-state index contributed by atoms with van der Waals surface area (Å²) in [7, 11) is 1.76. The number of esters is 1. The van der Waals surface area contributed by atoms with Crippen LogP contribution in [0.15, 0.2) is 25.3 Å². The number of benzene rings is 1. The van der Waals surface area contributed by atoms with Crippen molar-refractivity contribution in [3.63, 3.8) is 0 Å². The molecule has 8 heteroatoms. The van der Waals surface area contributed by atoms with E-state index in [0.717, 1.165) is 0 Å². The lowest BCUT2D eigenvalue weighted by Crippen LogP contribution is -2.13. The summed E-state index contributed by atoms with van der Waals surface area (Å²) in [5, 5.41) is 32.3. The largest absolute Gasteiger partial charge is 0.458 e. The maximum Gasteiger partial charge on any atom is 0.356 e. The molecule has 0 aliphatic rings. The molecule has 2 aromatic rings. The maximum absolute atomic E-state index is 12.4. The number of carbonyl (C=O) groups is 1. The van der Waals surface area contributed by atoms with Gasteiger partial charge in [0, 0.05) is 17.8 Å². The van der Waals surface area contributed by atoms with E-state index in [4.69, 9.17) is 16.3 Å². The molecule has 0 aliphatic heterocycles. The molecule has 1 aromatic carbocycles. The molecule has 1 aromatic heterocycles. The molecule has 1 heterocycles. The molecular formula is C21H29ClN2O5. The Hall–Kier alpha value is -2.16. The summed E-state index contributed by atoms with van der Waals surface area (Å²) in [5.74, 6) is -0.571. The second-order valence-electron chi connectivity index (χ2n) is 6.36. The molecule has 2 rings (SSSR count). The summed E-state index contributed by atoms with van der Waals surface area (Å²) in [6.45, 7) is 8.92. The first-order valence-corrected chi connectivity index (χ1v) is 9.49. The van der Waals surface area contributed by atoms with Crippen LogP contribution in [0.3, 0.4) is 0 Å². The summed E-state index contributed by atoms with van der Waals surface area (Å²) >= 11 is 6.52. The van der Waals surface area contributed by atoms with Gasteiger partial charge >= 0.3 is 5.97 Å². The van der Waals surface area contributed by atoms with Gasteiger partial charge in [-0.15, -0.1) is 13.2 Å². The molecule has 0 amide bonds. The summed E-state index contributed by atoms with van der Waals surface area (Å²) in [6.07, 6.45) is -0.300. The number of hydrogen-bond acceptors (Lipinski definition) is 6. The zero-order valence-electron chi connectivity index (χ0n) is 17.0. The van der Waals surface area contributed by atoms with Crippen LogP contribution >= 0.6 is 11.6 Å². The van der Waals surface area contributed by atoms with Crippen molar-refractivity contribution in [2.24, 2.45) is 0 Å². The van der Waals surface area contributed by atoms with Crippen LogP contribution < -0.4 is 5.32 Å². The lowest BCUT2D eigenvalue weighted by atomic mass is 9.92. The smallest absolute Gasteiger partial charge is 0.356 e. The average Bonchev–Trinajstić information content (AvgIpc) is 3.03. The monoisotopic (exact) mass is 424 g/mol. The predicted molar refractivity (Wildman–Crippen MR) is 114 cm³/mol. The fraction of sp³-hybridized carbons (Fsp3) is 0.381. The average molecular weight is 425 g/mol. The first kappa shape index (κ1) is 24.9. The summed E-state index contributed by atoms with van der Waals surface area (Å²) in [5.41, 5.74) is 3.31. The van der Waals surface area contributed by atoms with Gasteiger partial charge in [-0.1, -0.05) is 23.7 Å². The zero-order valence-corrected chi connectivity index (χ0v) is 17.8. The minimum atomic E-state index is -0.571. The molecule has 0 saturated carbocycles. The van der Waals surface area contributed by atoms with Gasteiger partial charge in [-0.25, -0.2) is 4.79 Å². The van der Waals surface area contributed by atoms with Crippen LogP contribution in [0.25, 0.3) is 11.1 Å². The first-order chi connectivity index (χ1) is 13.9.